The zero-order valence-electron chi connectivity index (χ0n) is 9.92. The number of aliphatic hydroxyl groups is 1. The first-order chi connectivity index (χ1) is 8.91. The Kier molecular flexibility index (Phi) is 4.36. The second-order valence-corrected chi connectivity index (χ2v) is 5.38. The molecule has 0 saturated carbocycles. The summed E-state index contributed by atoms with van der Waals surface area (Å²) in [5.74, 6) is -0.425. The topological polar surface area (TPSA) is 20.2 Å². The minimum absolute atomic E-state index is 0.131. The van der Waals surface area contributed by atoms with E-state index in [-0.39, 0.29) is 5.02 Å². The molecular weight excluding hydrogens is 310 g/mol. The Morgan fingerprint density at radius 1 is 1.05 bits per heavy atom. The maximum absolute atomic E-state index is 13.4. The van der Waals surface area contributed by atoms with Crippen LogP contribution < -0.4 is 0 Å². The lowest BCUT2D eigenvalue weighted by Gasteiger charge is -2.17. The molecule has 0 radical (unpaired) electrons. The fourth-order valence-electron chi connectivity index (χ4n) is 1.82. The smallest absolute Gasteiger partial charge is 0.127 e. The largest absolute Gasteiger partial charge is 0.383 e. The molecule has 0 aliphatic carbocycles. The van der Waals surface area contributed by atoms with Crippen molar-refractivity contribution in [1.82, 2.24) is 0 Å². The Morgan fingerprint density at radius 3 is 2.21 bits per heavy atom. The summed E-state index contributed by atoms with van der Waals surface area (Å²) in [5, 5.41) is 11.2. The van der Waals surface area contributed by atoms with E-state index in [0.717, 1.165) is 0 Å². The van der Waals surface area contributed by atoms with E-state index >= 15 is 0 Å². The molecule has 0 fully saturated rings. The van der Waals surface area contributed by atoms with Gasteiger partial charge in [-0.1, -0.05) is 40.9 Å². The SMILES string of the molecule is Cc1cc(C(O)c2c(Cl)cccc2Cl)c(Cl)cc1F. The molecule has 0 amide bonds. The van der Waals surface area contributed by atoms with Crippen LogP contribution >= 0.6 is 34.8 Å². The van der Waals surface area contributed by atoms with Gasteiger partial charge in [-0.05, 0) is 36.8 Å². The summed E-state index contributed by atoms with van der Waals surface area (Å²) in [4.78, 5) is 0. The van der Waals surface area contributed by atoms with Gasteiger partial charge < -0.3 is 5.11 Å². The van der Waals surface area contributed by atoms with E-state index in [1.54, 1.807) is 25.1 Å². The molecule has 0 aliphatic rings. The normalized spacial score (nSPS) is 12.5. The quantitative estimate of drug-likeness (QED) is 0.809. The van der Waals surface area contributed by atoms with Gasteiger partial charge in [0.15, 0.2) is 0 Å². The third kappa shape index (κ3) is 2.87. The molecule has 2 aromatic carbocycles. The van der Waals surface area contributed by atoms with Crippen LogP contribution in [-0.2, 0) is 0 Å². The maximum atomic E-state index is 13.4. The van der Waals surface area contributed by atoms with Crippen molar-refractivity contribution in [1.29, 1.82) is 0 Å². The van der Waals surface area contributed by atoms with Gasteiger partial charge in [-0.15, -0.1) is 0 Å². The van der Waals surface area contributed by atoms with Crippen LogP contribution in [0.2, 0.25) is 15.1 Å². The van der Waals surface area contributed by atoms with Crippen molar-refractivity contribution >= 4 is 34.8 Å². The van der Waals surface area contributed by atoms with E-state index in [4.69, 9.17) is 34.8 Å². The second kappa shape index (κ2) is 5.68. The van der Waals surface area contributed by atoms with Crippen LogP contribution in [-0.4, -0.2) is 5.11 Å². The summed E-state index contributed by atoms with van der Waals surface area (Å²) >= 11 is 18.0. The molecule has 1 N–H and O–H groups in total. The van der Waals surface area contributed by atoms with Crippen molar-refractivity contribution in [3.63, 3.8) is 0 Å². The minimum atomic E-state index is -1.10. The van der Waals surface area contributed by atoms with E-state index in [1.807, 2.05) is 0 Å². The highest BCUT2D eigenvalue weighted by molar-refractivity contribution is 6.36. The average molecular weight is 320 g/mol. The van der Waals surface area contributed by atoms with E-state index in [1.165, 1.54) is 12.1 Å². The van der Waals surface area contributed by atoms with Crippen molar-refractivity contribution < 1.29 is 9.50 Å². The van der Waals surface area contributed by atoms with Gasteiger partial charge in [0.25, 0.3) is 0 Å². The van der Waals surface area contributed by atoms with Crippen LogP contribution in [0.3, 0.4) is 0 Å². The van der Waals surface area contributed by atoms with Crippen molar-refractivity contribution in [2.75, 3.05) is 0 Å². The summed E-state index contributed by atoms with van der Waals surface area (Å²) in [6.07, 6.45) is -1.10. The molecule has 1 nitrogen and oxygen atoms in total. The van der Waals surface area contributed by atoms with Crippen LogP contribution in [0.25, 0.3) is 0 Å². The molecule has 2 rings (SSSR count). The fraction of sp³-hybridized carbons (Fsp3) is 0.143. The average Bonchev–Trinajstić information content (AvgIpc) is 2.33. The van der Waals surface area contributed by atoms with Gasteiger partial charge in [0.05, 0.1) is 0 Å². The second-order valence-electron chi connectivity index (χ2n) is 4.16. The minimum Gasteiger partial charge on any atom is -0.383 e. The Bertz CT molecular complexity index is 608. The zero-order chi connectivity index (χ0) is 14.2. The molecule has 1 atom stereocenters. The van der Waals surface area contributed by atoms with E-state index in [0.29, 0.717) is 26.7 Å². The molecular formula is C14H10Cl3FO. The number of rotatable bonds is 2. The first-order valence-electron chi connectivity index (χ1n) is 5.49. The first kappa shape index (κ1) is 14.6. The van der Waals surface area contributed by atoms with Gasteiger partial charge in [-0.3, -0.25) is 0 Å². The van der Waals surface area contributed by atoms with Crippen LogP contribution in [0.1, 0.15) is 22.8 Å². The Hall–Kier alpha value is -0.800. The number of aliphatic hydroxyl groups excluding tert-OH is 1. The predicted molar refractivity (Wildman–Crippen MR) is 76.7 cm³/mol. The van der Waals surface area contributed by atoms with Crippen molar-refractivity contribution in [2.24, 2.45) is 0 Å². The summed E-state index contributed by atoms with van der Waals surface area (Å²) in [5.41, 5.74) is 1.12. The molecule has 0 spiro atoms. The molecule has 0 aliphatic heterocycles. The Balaban J connectivity index is 2.56. The Morgan fingerprint density at radius 2 is 1.63 bits per heavy atom. The third-order valence-electron chi connectivity index (χ3n) is 2.85. The van der Waals surface area contributed by atoms with Crippen molar-refractivity contribution in [3.05, 3.63) is 67.9 Å². The third-order valence-corrected chi connectivity index (χ3v) is 3.83. The molecule has 100 valence electrons. The Labute approximate surface area is 125 Å². The molecule has 0 heterocycles. The lowest BCUT2D eigenvalue weighted by atomic mass is 9.99. The van der Waals surface area contributed by atoms with Gasteiger partial charge in [-0.2, -0.15) is 0 Å². The predicted octanol–water partition coefficient (Wildman–Crippen LogP) is 5.18. The summed E-state index contributed by atoms with van der Waals surface area (Å²) in [6, 6.07) is 7.58. The van der Waals surface area contributed by atoms with E-state index in [9.17, 15) is 9.50 Å². The van der Waals surface area contributed by atoms with Crippen LogP contribution in [0.15, 0.2) is 30.3 Å². The number of hydrogen-bond donors (Lipinski definition) is 1. The van der Waals surface area contributed by atoms with Gasteiger partial charge in [0.2, 0.25) is 0 Å². The molecule has 1 unspecified atom stereocenters. The lowest BCUT2D eigenvalue weighted by Crippen LogP contribution is -2.03. The monoisotopic (exact) mass is 318 g/mol. The maximum Gasteiger partial charge on any atom is 0.127 e. The standard InChI is InChI=1S/C14H10Cl3FO/c1-7-5-8(11(17)6-12(7)18)14(19)13-9(15)3-2-4-10(13)16/h2-6,14,19H,1H3. The number of benzene rings is 2. The highest BCUT2D eigenvalue weighted by Gasteiger charge is 2.20. The molecule has 5 heteroatoms. The molecule has 2 aromatic rings. The first-order valence-corrected chi connectivity index (χ1v) is 6.62. The summed E-state index contributed by atoms with van der Waals surface area (Å²) < 4.78 is 13.4. The zero-order valence-corrected chi connectivity index (χ0v) is 12.2. The highest BCUT2D eigenvalue weighted by atomic mass is 35.5. The fourth-order valence-corrected chi connectivity index (χ4v) is 2.67. The molecule has 19 heavy (non-hydrogen) atoms. The summed E-state index contributed by atoms with van der Waals surface area (Å²) in [7, 11) is 0. The van der Waals surface area contributed by atoms with Crippen molar-refractivity contribution in [3.8, 4) is 0 Å². The van der Waals surface area contributed by atoms with Gasteiger partial charge in [0, 0.05) is 26.2 Å². The van der Waals surface area contributed by atoms with Gasteiger partial charge in [-0.25, -0.2) is 4.39 Å². The highest BCUT2D eigenvalue weighted by Crippen LogP contribution is 2.37. The van der Waals surface area contributed by atoms with Gasteiger partial charge >= 0.3 is 0 Å². The van der Waals surface area contributed by atoms with E-state index < -0.39 is 11.9 Å². The number of halogens is 4. The molecule has 0 saturated heterocycles. The van der Waals surface area contributed by atoms with Crippen LogP contribution in [0.5, 0.6) is 0 Å². The number of hydrogen-bond acceptors (Lipinski definition) is 1. The molecule has 0 bridgehead atoms. The van der Waals surface area contributed by atoms with Crippen LogP contribution in [0, 0.1) is 12.7 Å². The van der Waals surface area contributed by atoms with Crippen molar-refractivity contribution in [2.45, 2.75) is 13.0 Å². The molecule has 0 aromatic heterocycles. The van der Waals surface area contributed by atoms with E-state index in [2.05, 4.69) is 0 Å². The van der Waals surface area contributed by atoms with Crippen LogP contribution in [0.4, 0.5) is 4.39 Å². The van der Waals surface area contributed by atoms with Gasteiger partial charge in [0.1, 0.15) is 11.9 Å². The summed E-state index contributed by atoms with van der Waals surface area (Å²) in [6.45, 7) is 1.59. The number of aryl methyl sites for hydroxylation is 1. The lowest BCUT2D eigenvalue weighted by molar-refractivity contribution is 0.220.